The van der Waals surface area contributed by atoms with Crippen LogP contribution in [0.1, 0.15) is 18.5 Å². The Morgan fingerprint density at radius 2 is 2.17 bits per heavy atom. The first-order valence-electron chi connectivity index (χ1n) is 6.44. The van der Waals surface area contributed by atoms with E-state index in [0.29, 0.717) is 12.1 Å². The molecule has 4 heteroatoms. The number of ether oxygens (including phenoxy) is 1. The molecule has 3 nitrogen and oxygen atoms in total. The number of hydrogen-bond donors (Lipinski definition) is 1. The molecule has 1 N–H and O–H groups in total. The van der Waals surface area contributed by atoms with Gasteiger partial charge in [-0.3, -0.25) is 0 Å². The predicted octanol–water partition coefficient (Wildman–Crippen LogP) is 2.32. The van der Waals surface area contributed by atoms with Gasteiger partial charge in [0, 0.05) is 30.7 Å². The van der Waals surface area contributed by atoms with E-state index in [0.717, 1.165) is 31.3 Å². The van der Waals surface area contributed by atoms with Crippen LogP contribution in [-0.4, -0.2) is 44.3 Å². The van der Waals surface area contributed by atoms with Gasteiger partial charge in [-0.2, -0.15) is 0 Å². The second kappa shape index (κ2) is 6.53. The van der Waals surface area contributed by atoms with Crippen molar-refractivity contribution in [2.24, 2.45) is 0 Å². The van der Waals surface area contributed by atoms with E-state index in [1.165, 1.54) is 5.56 Å². The Balaban J connectivity index is 1.80. The summed E-state index contributed by atoms with van der Waals surface area (Å²) in [7, 11) is 2.14. The Hall–Kier alpha value is -0.610. The molecule has 1 aliphatic heterocycles. The van der Waals surface area contributed by atoms with Crippen molar-refractivity contribution in [2.75, 3.05) is 33.3 Å². The van der Waals surface area contributed by atoms with Crippen LogP contribution < -0.4 is 5.32 Å². The fraction of sp³-hybridized carbons (Fsp3) is 0.571. The Labute approximate surface area is 114 Å². The number of nitrogens with one attached hydrogen (secondary N) is 1. The molecule has 0 radical (unpaired) electrons. The molecule has 0 unspecified atom stereocenters. The Morgan fingerprint density at radius 3 is 2.83 bits per heavy atom. The Bertz CT molecular complexity index is 369. The van der Waals surface area contributed by atoms with Gasteiger partial charge in [0.1, 0.15) is 0 Å². The molecule has 0 bridgehead atoms. The van der Waals surface area contributed by atoms with Gasteiger partial charge in [0.2, 0.25) is 0 Å². The van der Waals surface area contributed by atoms with Crippen LogP contribution in [0, 0.1) is 0 Å². The maximum atomic E-state index is 5.89. The molecule has 1 saturated heterocycles. The van der Waals surface area contributed by atoms with Gasteiger partial charge in [-0.05, 0) is 31.7 Å². The van der Waals surface area contributed by atoms with Gasteiger partial charge in [-0.25, -0.2) is 0 Å². The molecular weight excluding hydrogens is 248 g/mol. The zero-order valence-corrected chi connectivity index (χ0v) is 11.8. The van der Waals surface area contributed by atoms with Crippen molar-refractivity contribution in [2.45, 2.75) is 19.1 Å². The van der Waals surface area contributed by atoms with Crippen LogP contribution in [0.5, 0.6) is 0 Å². The summed E-state index contributed by atoms with van der Waals surface area (Å²) in [4.78, 5) is 2.31. The lowest BCUT2D eigenvalue weighted by molar-refractivity contribution is -0.0190. The van der Waals surface area contributed by atoms with Crippen LogP contribution in [0.15, 0.2) is 24.3 Å². The topological polar surface area (TPSA) is 24.5 Å². The molecule has 1 aromatic rings. The number of rotatable bonds is 4. The summed E-state index contributed by atoms with van der Waals surface area (Å²) in [6, 6.07) is 8.31. The van der Waals surface area contributed by atoms with Gasteiger partial charge in [-0.15, -0.1) is 0 Å². The standard InChI is InChI=1S/C14H21ClN2O/c1-11(12-3-5-13(15)6-4-12)16-9-14-10-17(2)7-8-18-14/h3-6,11,14,16H,7-10H2,1-2H3/t11-,14+/m1/s1. The maximum absolute atomic E-state index is 5.89. The largest absolute Gasteiger partial charge is 0.374 e. The van der Waals surface area contributed by atoms with Gasteiger partial charge in [0.15, 0.2) is 0 Å². The molecule has 1 aliphatic rings. The molecule has 0 saturated carbocycles. The van der Waals surface area contributed by atoms with Gasteiger partial charge in [0.25, 0.3) is 0 Å². The van der Waals surface area contributed by atoms with Gasteiger partial charge in [-0.1, -0.05) is 23.7 Å². The van der Waals surface area contributed by atoms with Crippen LogP contribution in [0.3, 0.4) is 0 Å². The van der Waals surface area contributed by atoms with Crippen molar-refractivity contribution in [3.05, 3.63) is 34.9 Å². The first-order chi connectivity index (χ1) is 8.65. The van der Waals surface area contributed by atoms with E-state index in [9.17, 15) is 0 Å². The highest BCUT2D eigenvalue weighted by atomic mass is 35.5. The van der Waals surface area contributed by atoms with Gasteiger partial charge >= 0.3 is 0 Å². The SMILES string of the molecule is C[C@@H](NC[C@H]1CN(C)CCO1)c1ccc(Cl)cc1. The average Bonchev–Trinajstić information content (AvgIpc) is 2.37. The molecule has 1 aromatic carbocycles. The van der Waals surface area contributed by atoms with Crippen molar-refractivity contribution in [1.29, 1.82) is 0 Å². The van der Waals surface area contributed by atoms with Crippen molar-refractivity contribution in [3.63, 3.8) is 0 Å². The third kappa shape index (κ3) is 3.95. The summed E-state index contributed by atoms with van der Waals surface area (Å²) >= 11 is 5.89. The molecule has 0 amide bonds. The lowest BCUT2D eigenvalue weighted by Crippen LogP contribution is -2.45. The highest BCUT2D eigenvalue weighted by Gasteiger charge is 2.18. The minimum Gasteiger partial charge on any atom is -0.374 e. The number of benzene rings is 1. The van der Waals surface area contributed by atoms with Crippen LogP contribution in [0.4, 0.5) is 0 Å². The molecule has 1 fully saturated rings. The molecule has 18 heavy (non-hydrogen) atoms. The summed E-state index contributed by atoms with van der Waals surface area (Å²) in [5.74, 6) is 0. The van der Waals surface area contributed by atoms with Crippen LogP contribution in [-0.2, 0) is 4.74 Å². The van der Waals surface area contributed by atoms with Crippen LogP contribution >= 0.6 is 11.6 Å². The number of morpholine rings is 1. The Kier molecular flexibility index (Phi) is 5.01. The summed E-state index contributed by atoms with van der Waals surface area (Å²) < 4.78 is 5.73. The molecule has 0 spiro atoms. The smallest absolute Gasteiger partial charge is 0.0826 e. The fourth-order valence-corrected chi connectivity index (χ4v) is 2.29. The highest BCUT2D eigenvalue weighted by Crippen LogP contribution is 2.16. The normalized spacial score (nSPS) is 22.9. The number of hydrogen-bond acceptors (Lipinski definition) is 3. The summed E-state index contributed by atoms with van der Waals surface area (Å²) in [6.07, 6.45) is 0.290. The van der Waals surface area contributed by atoms with Crippen molar-refractivity contribution >= 4 is 11.6 Å². The fourth-order valence-electron chi connectivity index (χ4n) is 2.17. The number of halogens is 1. The van der Waals surface area contributed by atoms with Crippen LogP contribution in [0.2, 0.25) is 5.02 Å². The Morgan fingerprint density at radius 1 is 1.44 bits per heavy atom. The van der Waals surface area contributed by atoms with E-state index in [1.807, 2.05) is 12.1 Å². The highest BCUT2D eigenvalue weighted by molar-refractivity contribution is 6.30. The number of likely N-dealkylation sites (N-methyl/N-ethyl adjacent to an activating group) is 1. The first kappa shape index (κ1) is 13.8. The quantitative estimate of drug-likeness (QED) is 0.907. The second-order valence-corrected chi connectivity index (χ2v) is 5.37. The van der Waals surface area contributed by atoms with Crippen molar-refractivity contribution in [3.8, 4) is 0 Å². The molecule has 1 heterocycles. The van der Waals surface area contributed by atoms with Crippen molar-refractivity contribution in [1.82, 2.24) is 10.2 Å². The third-order valence-corrected chi connectivity index (χ3v) is 3.62. The van der Waals surface area contributed by atoms with E-state index in [4.69, 9.17) is 16.3 Å². The summed E-state index contributed by atoms with van der Waals surface area (Å²) in [5, 5.41) is 4.29. The maximum Gasteiger partial charge on any atom is 0.0826 e. The van der Waals surface area contributed by atoms with Crippen molar-refractivity contribution < 1.29 is 4.74 Å². The minimum absolute atomic E-state index is 0.290. The third-order valence-electron chi connectivity index (χ3n) is 3.36. The predicted molar refractivity (Wildman–Crippen MR) is 75.1 cm³/mol. The lowest BCUT2D eigenvalue weighted by Gasteiger charge is -2.31. The molecule has 0 aliphatic carbocycles. The molecule has 0 aromatic heterocycles. The van der Waals surface area contributed by atoms with Crippen LogP contribution in [0.25, 0.3) is 0 Å². The molecule has 100 valence electrons. The van der Waals surface area contributed by atoms with E-state index in [2.05, 4.69) is 36.3 Å². The van der Waals surface area contributed by atoms with E-state index >= 15 is 0 Å². The van der Waals surface area contributed by atoms with E-state index < -0.39 is 0 Å². The summed E-state index contributed by atoms with van der Waals surface area (Å²) in [6.45, 7) is 5.91. The van der Waals surface area contributed by atoms with Gasteiger partial charge in [0.05, 0.1) is 12.7 Å². The lowest BCUT2D eigenvalue weighted by atomic mass is 10.1. The van der Waals surface area contributed by atoms with E-state index in [1.54, 1.807) is 0 Å². The zero-order valence-electron chi connectivity index (χ0n) is 11.0. The average molecular weight is 269 g/mol. The first-order valence-corrected chi connectivity index (χ1v) is 6.82. The minimum atomic E-state index is 0.290. The molecular formula is C14H21ClN2O. The van der Waals surface area contributed by atoms with Gasteiger partial charge < -0.3 is 15.0 Å². The summed E-state index contributed by atoms with van der Waals surface area (Å²) in [5.41, 5.74) is 1.25. The zero-order chi connectivity index (χ0) is 13.0. The monoisotopic (exact) mass is 268 g/mol. The second-order valence-electron chi connectivity index (χ2n) is 4.94. The van der Waals surface area contributed by atoms with E-state index in [-0.39, 0.29) is 0 Å². The molecule has 2 atom stereocenters. The molecule has 2 rings (SSSR count). The number of nitrogens with zero attached hydrogens (tertiary/aromatic N) is 1.